The lowest BCUT2D eigenvalue weighted by atomic mass is 10.1. The Bertz CT molecular complexity index is 1210. The fourth-order valence-corrected chi connectivity index (χ4v) is 3.94. The minimum atomic E-state index is -4.83. The first-order chi connectivity index (χ1) is 15.9. The molecule has 3 aromatic carbocycles. The summed E-state index contributed by atoms with van der Waals surface area (Å²) >= 11 is 0. The highest BCUT2D eigenvalue weighted by Crippen LogP contribution is 2.27. The molecule has 1 amide bonds. The molecule has 0 heterocycles. The summed E-state index contributed by atoms with van der Waals surface area (Å²) in [6.07, 6.45) is -3.36. The van der Waals surface area contributed by atoms with Crippen LogP contribution in [0, 0.1) is 0 Å². The number of alkyl halides is 3. The number of ether oxygens (including phenoxy) is 1. The highest BCUT2D eigenvalue weighted by atomic mass is 32.2. The number of hydrogen-bond acceptors (Lipinski definition) is 5. The van der Waals surface area contributed by atoms with Crippen molar-refractivity contribution in [3.63, 3.8) is 0 Å². The van der Waals surface area contributed by atoms with E-state index in [9.17, 15) is 26.4 Å². The molecule has 1 unspecified atom stereocenters. The van der Waals surface area contributed by atoms with Crippen LogP contribution in [0.5, 0.6) is 5.75 Å². The van der Waals surface area contributed by atoms with Crippen molar-refractivity contribution in [2.75, 3.05) is 17.7 Å². The minimum absolute atomic E-state index is 0.164. The number of amides is 1. The number of sulfone groups is 1. The summed E-state index contributed by atoms with van der Waals surface area (Å²) < 4.78 is 64.7. The Morgan fingerprint density at radius 3 is 2.09 bits per heavy atom. The molecule has 0 aliphatic rings. The number of hydrogen-bond donors (Lipinski definition) is 1. The summed E-state index contributed by atoms with van der Waals surface area (Å²) in [5.41, 5.74) is 7.90. The third-order valence-electron chi connectivity index (χ3n) is 5.05. The molecular weight excluding hydrogens is 469 g/mol. The van der Waals surface area contributed by atoms with Crippen LogP contribution in [0.2, 0.25) is 0 Å². The molecule has 0 saturated heterocycles. The molecule has 0 aromatic heterocycles. The molecule has 0 fully saturated rings. The Morgan fingerprint density at radius 2 is 1.56 bits per heavy atom. The Balaban J connectivity index is 1.85. The molecule has 10 heteroatoms. The lowest BCUT2D eigenvalue weighted by Gasteiger charge is -2.26. The Hall–Kier alpha value is -3.37. The SMILES string of the molecule is CS(=O)(=O)c1ccc(CCN(C(=O)C(N)c2ccccc2)c2ccc(OC(F)(F)F)cc2)cc1. The van der Waals surface area contributed by atoms with Gasteiger partial charge in [-0.15, -0.1) is 13.2 Å². The van der Waals surface area contributed by atoms with E-state index in [2.05, 4.69) is 4.74 Å². The summed E-state index contributed by atoms with van der Waals surface area (Å²) in [6, 6.07) is 18.9. The monoisotopic (exact) mass is 492 g/mol. The van der Waals surface area contributed by atoms with Crippen molar-refractivity contribution in [2.45, 2.75) is 23.7 Å². The zero-order valence-corrected chi connectivity index (χ0v) is 19.0. The van der Waals surface area contributed by atoms with Crippen LogP contribution >= 0.6 is 0 Å². The second-order valence-corrected chi connectivity index (χ2v) is 9.60. The summed E-state index contributed by atoms with van der Waals surface area (Å²) in [7, 11) is -3.34. The maximum absolute atomic E-state index is 13.3. The second-order valence-electron chi connectivity index (χ2n) is 7.59. The molecule has 3 rings (SSSR count). The van der Waals surface area contributed by atoms with Gasteiger partial charge in [-0.3, -0.25) is 4.79 Å². The summed E-state index contributed by atoms with van der Waals surface area (Å²) in [4.78, 5) is 14.8. The van der Waals surface area contributed by atoms with Gasteiger partial charge in [0.2, 0.25) is 5.91 Å². The Morgan fingerprint density at radius 1 is 0.971 bits per heavy atom. The van der Waals surface area contributed by atoms with E-state index >= 15 is 0 Å². The van der Waals surface area contributed by atoms with Gasteiger partial charge in [-0.1, -0.05) is 42.5 Å². The molecule has 34 heavy (non-hydrogen) atoms. The highest BCUT2D eigenvalue weighted by molar-refractivity contribution is 7.90. The van der Waals surface area contributed by atoms with Gasteiger partial charge >= 0.3 is 6.36 Å². The number of rotatable bonds is 8. The smallest absolute Gasteiger partial charge is 0.406 e. The van der Waals surface area contributed by atoms with E-state index in [1.807, 2.05) is 0 Å². The molecule has 1 atom stereocenters. The summed E-state index contributed by atoms with van der Waals surface area (Å²) in [5, 5.41) is 0. The maximum Gasteiger partial charge on any atom is 0.573 e. The molecule has 0 aliphatic heterocycles. The normalized spacial score (nSPS) is 12.7. The molecule has 0 spiro atoms. The average molecular weight is 493 g/mol. The summed E-state index contributed by atoms with van der Waals surface area (Å²) in [5.74, 6) is -0.851. The van der Waals surface area contributed by atoms with E-state index in [1.165, 1.54) is 29.2 Å². The van der Waals surface area contributed by atoms with Gasteiger partial charge in [0, 0.05) is 18.5 Å². The van der Waals surface area contributed by atoms with E-state index in [1.54, 1.807) is 42.5 Å². The number of carbonyl (C=O) groups is 1. The third kappa shape index (κ3) is 6.82. The molecule has 2 N–H and O–H groups in total. The van der Waals surface area contributed by atoms with Gasteiger partial charge in [0.05, 0.1) is 4.90 Å². The first kappa shape index (κ1) is 25.3. The topological polar surface area (TPSA) is 89.7 Å². The van der Waals surface area contributed by atoms with Crippen molar-refractivity contribution in [3.8, 4) is 5.75 Å². The van der Waals surface area contributed by atoms with Crippen LogP contribution in [0.3, 0.4) is 0 Å². The minimum Gasteiger partial charge on any atom is -0.406 e. The molecule has 180 valence electrons. The predicted molar refractivity (Wildman–Crippen MR) is 122 cm³/mol. The lowest BCUT2D eigenvalue weighted by molar-refractivity contribution is -0.274. The van der Waals surface area contributed by atoms with Crippen molar-refractivity contribution in [3.05, 3.63) is 90.0 Å². The molecule has 3 aromatic rings. The average Bonchev–Trinajstić information content (AvgIpc) is 2.79. The van der Waals surface area contributed by atoms with Crippen LogP contribution in [0.1, 0.15) is 17.2 Å². The lowest BCUT2D eigenvalue weighted by Crippen LogP contribution is -2.40. The zero-order chi connectivity index (χ0) is 24.9. The Labute approximate surface area is 195 Å². The Kier molecular flexibility index (Phi) is 7.63. The van der Waals surface area contributed by atoms with Crippen molar-refractivity contribution < 1.29 is 31.1 Å². The van der Waals surface area contributed by atoms with E-state index in [4.69, 9.17) is 5.73 Å². The summed E-state index contributed by atoms with van der Waals surface area (Å²) in [6.45, 7) is 0.164. The van der Waals surface area contributed by atoms with Crippen molar-refractivity contribution in [2.24, 2.45) is 5.73 Å². The van der Waals surface area contributed by atoms with Crippen LogP contribution < -0.4 is 15.4 Å². The third-order valence-corrected chi connectivity index (χ3v) is 6.18. The number of nitrogens with zero attached hydrogens (tertiary/aromatic N) is 1. The number of anilines is 1. The van der Waals surface area contributed by atoms with Gasteiger partial charge < -0.3 is 15.4 Å². The van der Waals surface area contributed by atoms with Crippen LogP contribution in [0.15, 0.2) is 83.8 Å². The van der Waals surface area contributed by atoms with Gasteiger partial charge in [0.15, 0.2) is 9.84 Å². The van der Waals surface area contributed by atoms with Crippen LogP contribution in [0.25, 0.3) is 0 Å². The number of carbonyl (C=O) groups excluding carboxylic acids is 1. The quantitative estimate of drug-likeness (QED) is 0.508. The fraction of sp³-hybridized carbons (Fsp3) is 0.208. The van der Waals surface area contributed by atoms with Crippen LogP contribution in [-0.4, -0.2) is 33.5 Å². The van der Waals surface area contributed by atoms with Gasteiger partial charge in [0.25, 0.3) is 0 Å². The fourth-order valence-electron chi connectivity index (χ4n) is 3.31. The number of nitrogens with two attached hydrogens (primary N) is 1. The molecule has 6 nitrogen and oxygen atoms in total. The van der Waals surface area contributed by atoms with Gasteiger partial charge in [0.1, 0.15) is 11.8 Å². The first-order valence-electron chi connectivity index (χ1n) is 10.2. The van der Waals surface area contributed by atoms with Crippen molar-refractivity contribution in [1.29, 1.82) is 0 Å². The zero-order valence-electron chi connectivity index (χ0n) is 18.2. The molecular formula is C24H23F3N2O4S. The number of halogens is 3. The molecule has 0 bridgehead atoms. The van der Waals surface area contributed by atoms with Gasteiger partial charge in [-0.2, -0.15) is 0 Å². The van der Waals surface area contributed by atoms with Crippen molar-refractivity contribution >= 4 is 21.4 Å². The van der Waals surface area contributed by atoms with Gasteiger partial charge in [-0.05, 0) is 53.9 Å². The van der Waals surface area contributed by atoms with Crippen LogP contribution in [-0.2, 0) is 21.1 Å². The van der Waals surface area contributed by atoms with Crippen LogP contribution in [0.4, 0.5) is 18.9 Å². The standard InChI is InChI=1S/C24H23F3N2O4S/c1-34(31,32)21-13-7-17(8-14-21)15-16-29(23(30)22(28)18-5-3-2-4-6-18)19-9-11-20(12-10-19)33-24(25,26)27/h2-14,22H,15-16,28H2,1H3. The second kappa shape index (κ2) is 10.3. The molecule has 0 saturated carbocycles. The van der Waals surface area contributed by atoms with E-state index in [0.717, 1.165) is 24.0 Å². The predicted octanol–water partition coefficient (Wildman–Crippen LogP) is 4.26. The maximum atomic E-state index is 13.3. The molecule has 0 aliphatic carbocycles. The highest BCUT2D eigenvalue weighted by Gasteiger charge is 2.31. The van der Waals surface area contributed by atoms with E-state index in [-0.39, 0.29) is 11.4 Å². The largest absolute Gasteiger partial charge is 0.573 e. The van der Waals surface area contributed by atoms with Gasteiger partial charge in [-0.25, -0.2) is 8.42 Å². The first-order valence-corrected chi connectivity index (χ1v) is 12.1. The van der Waals surface area contributed by atoms with Crippen molar-refractivity contribution in [1.82, 2.24) is 0 Å². The van der Waals surface area contributed by atoms with E-state index in [0.29, 0.717) is 17.7 Å². The molecule has 0 radical (unpaired) electrons. The number of benzene rings is 3. The van der Waals surface area contributed by atoms with E-state index < -0.39 is 33.9 Å².